The van der Waals surface area contributed by atoms with Crippen LogP contribution in [0.2, 0.25) is 0 Å². The lowest BCUT2D eigenvalue weighted by Crippen LogP contribution is -2.32. The van der Waals surface area contributed by atoms with Gasteiger partial charge in [-0.2, -0.15) is 0 Å². The van der Waals surface area contributed by atoms with E-state index in [2.05, 4.69) is 24.1 Å². The maximum atomic E-state index is 12.8. The van der Waals surface area contributed by atoms with E-state index in [0.717, 1.165) is 75.2 Å². The Labute approximate surface area is 203 Å². The van der Waals surface area contributed by atoms with Crippen LogP contribution in [0.4, 0.5) is 5.69 Å². The lowest BCUT2D eigenvalue weighted by molar-refractivity contribution is -0.118. The van der Waals surface area contributed by atoms with Crippen LogP contribution in [0.15, 0.2) is 36.4 Å². The third kappa shape index (κ3) is 5.96. The van der Waals surface area contributed by atoms with Crippen LogP contribution in [0.3, 0.4) is 0 Å². The number of ketones is 1. The Kier molecular flexibility index (Phi) is 8.93. The second kappa shape index (κ2) is 11.7. The van der Waals surface area contributed by atoms with Gasteiger partial charge in [0.2, 0.25) is 5.91 Å². The average Bonchev–Trinajstić information content (AvgIpc) is 3.25. The van der Waals surface area contributed by atoms with Gasteiger partial charge < -0.3 is 14.5 Å². The highest BCUT2D eigenvalue weighted by Crippen LogP contribution is 2.37. The Morgan fingerprint density at radius 3 is 2.58 bits per heavy atom. The van der Waals surface area contributed by atoms with Gasteiger partial charge >= 0.3 is 0 Å². The number of nitrogens with zero attached hydrogens (tertiary/aromatic N) is 2. The van der Waals surface area contributed by atoms with Crippen LogP contribution in [-0.2, 0) is 24.1 Å². The first-order valence-electron chi connectivity index (χ1n) is 11.9. The van der Waals surface area contributed by atoms with E-state index in [-0.39, 0.29) is 24.1 Å². The summed E-state index contributed by atoms with van der Waals surface area (Å²) in [5.74, 6) is 1.42. The van der Waals surface area contributed by atoms with Crippen LogP contribution in [0, 0.1) is 0 Å². The molecule has 5 nitrogen and oxygen atoms in total. The number of hydrogen-bond acceptors (Lipinski definition) is 4. The number of Topliss-reactive ketones (excluding diaryl/α,β-unsaturated/α-hetero) is 1. The molecule has 178 valence electrons. The molecule has 2 aliphatic heterocycles. The Morgan fingerprint density at radius 2 is 1.79 bits per heavy atom. The molecule has 6 heteroatoms. The fraction of sp³-hybridized carbons (Fsp3) is 0.481. The summed E-state index contributed by atoms with van der Waals surface area (Å²) >= 11 is 0. The molecule has 0 bridgehead atoms. The zero-order valence-corrected chi connectivity index (χ0v) is 20.6. The van der Waals surface area contributed by atoms with Crippen molar-refractivity contribution in [2.75, 3.05) is 38.7 Å². The molecule has 1 amide bonds. The molecule has 33 heavy (non-hydrogen) atoms. The molecule has 0 aromatic heterocycles. The zero-order chi connectivity index (χ0) is 22.5. The number of rotatable bonds is 11. The van der Waals surface area contributed by atoms with Crippen LogP contribution in [0.5, 0.6) is 5.75 Å². The topological polar surface area (TPSA) is 49.9 Å². The van der Waals surface area contributed by atoms with Gasteiger partial charge in [-0.3, -0.25) is 9.59 Å². The van der Waals surface area contributed by atoms with Gasteiger partial charge in [0, 0.05) is 31.5 Å². The number of anilines is 1. The van der Waals surface area contributed by atoms with E-state index in [1.54, 1.807) is 7.11 Å². The van der Waals surface area contributed by atoms with Crippen LogP contribution >= 0.6 is 12.4 Å². The van der Waals surface area contributed by atoms with Crippen LogP contribution in [0.1, 0.15) is 59.2 Å². The highest BCUT2D eigenvalue weighted by atomic mass is 35.5. The van der Waals surface area contributed by atoms with Crippen molar-refractivity contribution in [3.05, 3.63) is 58.7 Å². The molecule has 0 radical (unpaired) electrons. The first-order chi connectivity index (χ1) is 15.6. The van der Waals surface area contributed by atoms with E-state index >= 15 is 0 Å². The number of amides is 1. The van der Waals surface area contributed by atoms with E-state index in [1.165, 1.54) is 16.7 Å². The maximum absolute atomic E-state index is 12.8. The second-order valence-corrected chi connectivity index (χ2v) is 9.04. The van der Waals surface area contributed by atoms with Crippen molar-refractivity contribution >= 4 is 29.8 Å². The quantitative estimate of drug-likeness (QED) is 0.347. The van der Waals surface area contributed by atoms with Crippen molar-refractivity contribution < 1.29 is 14.3 Å². The SMILES string of the molecule is COc1ccccc1CCN(C)CCCCCC(=O)c1cc2c3c(c1)CCN3C(=O)CC2.Cl. The molecule has 2 aliphatic rings. The van der Waals surface area contributed by atoms with Crippen molar-refractivity contribution in [3.8, 4) is 5.75 Å². The van der Waals surface area contributed by atoms with E-state index in [4.69, 9.17) is 4.74 Å². The number of ether oxygens (including phenoxy) is 1. The standard InChI is InChI=1S/C27H34N2O3.ClH/c1-28(16-13-20-8-5-6-10-25(20)32-2)15-7-3-4-9-24(30)23-18-21-11-12-26(31)29-17-14-22(19-23)27(21)29;/h5-6,8,10,18-19H,3-4,7,9,11-17H2,1-2H3;1H. The molecular formula is C27H35ClN2O3. The first kappa shape index (κ1) is 25.3. The van der Waals surface area contributed by atoms with Gasteiger partial charge in [-0.1, -0.05) is 24.6 Å². The minimum atomic E-state index is 0. The van der Waals surface area contributed by atoms with Gasteiger partial charge in [-0.25, -0.2) is 0 Å². The number of halogens is 1. The summed E-state index contributed by atoms with van der Waals surface area (Å²) in [7, 11) is 3.88. The number of likely N-dealkylation sites (N-methyl/N-ethyl adjacent to an activating group) is 1. The van der Waals surface area contributed by atoms with Gasteiger partial charge in [0.05, 0.1) is 12.8 Å². The molecular weight excluding hydrogens is 436 g/mol. The summed E-state index contributed by atoms with van der Waals surface area (Å²) in [5, 5.41) is 0. The lowest BCUT2D eigenvalue weighted by atomic mass is 9.94. The summed E-state index contributed by atoms with van der Waals surface area (Å²) in [6.07, 6.45) is 6.86. The number of benzene rings is 2. The van der Waals surface area contributed by atoms with E-state index in [1.807, 2.05) is 29.2 Å². The molecule has 0 saturated heterocycles. The molecule has 4 rings (SSSR count). The average molecular weight is 471 g/mol. The largest absolute Gasteiger partial charge is 0.496 e. The molecule has 2 aromatic rings. The van der Waals surface area contributed by atoms with E-state index in [9.17, 15) is 9.59 Å². The Bertz CT molecular complexity index is 991. The number of unbranched alkanes of at least 4 members (excludes halogenated alkanes) is 2. The summed E-state index contributed by atoms with van der Waals surface area (Å²) in [6.45, 7) is 2.80. The van der Waals surface area contributed by atoms with Gasteiger partial charge in [-0.15, -0.1) is 12.4 Å². The maximum Gasteiger partial charge on any atom is 0.227 e. The predicted octanol–water partition coefficient (Wildman–Crippen LogP) is 4.87. The number of carbonyl (C=O) groups excluding carboxylic acids is 2. The molecule has 0 N–H and O–H groups in total. The molecule has 0 spiro atoms. The molecule has 0 atom stereocenters. The molecule has 0 aliphatic carbocycles. The van der Waals surface area contributed by atoms with Crippen molar-refractivity contribution in [1.29, 1.82) is 0 Å². The zero-order valence-electron chi connectivity index (χ0n) is 19.8. The second-order valence-electron chi connectivity index (χ2n) is 9.04. The number of methoxy groups -OCH3 is 1. The van der Waals surface area contributed by atoms with Crippen molar-refractivity contribution in [2.24, 2.45) is 0 Å². The first-order valence-corrected chi connectivity index (χ1v) is 11.9. The van der Waals surface area contributed by atoms with Crippen molar-refractivity contribution in [2.45, 2.75) is 51.4 Å². The van der Waals surface area contributed by atoms with Crippen LogP contribution < -0.4 is 9.64 Å². The summed E-state index contributed by atoms with van der Waals surface area (Å²) in [4.78, 5) is 29.1. The van der Waals surface area contributed by atoms with Crippen LogP contribution in [0.25, 0.3) is 0 Å². The third-order valence-electron chi connectivity index (χ3n) is 6.77. The van der Waals surface area contributed by atoms with Gasteiger partial charge in [0.15, 0.2) is 5.78 Å². The van der Waals surface area contributed by atoms with Crippen molar-refractivity contribution in [3.63, 3.8) is 0 Å². The highest BCUT2D eigenvalue weighted by Gasteiger charge is 2.31. The molecule has 2 heterocycles. The lowest BCUT2D eigenvalue weighted by Gasteiger charge is -2.25. The number of hydrogen-bond donors (Lipinski definition) is 0. The Balaban J connectivity index is 0.00000306. The van der Waals surface area contributed by atoms with Gasteiger partial charge in [-0.05, 0) is 80.6 Å². The molecule has 0 unspecified atom stereocenters. The molecule has 2 aromatic carbocycles. The Hall–Kier alpha value is -2.37. The Morgan fingerprint density at radius 1 is 1.03 bits per heavy atom. The van der Waals surface area contributed by atoms with Crippen molar-refractivity contribution in [1.82, 2.24) is 4.90 Å². The fourth-order valence-electron chi connectivity index (χ4n) is 4.94. The number of aryl methyl sites for hydroxylation is 1. The minimum absolute atomic E-state index is 0. The number of carbonyl (C=O) groups is 2. The van der Waals surface area contributed by atoms with E-state index < -0.39 is 0 Å². The van der Waals surface area contributed by atoms with Gasteiger partial charge in [0.25, 0.3) is 0 Å². The number of para-hydroxylation sites is 1. The summed E-state index contributed by atoms with van der Waals surface area (Å²) in [5.41, 5.74) is 5.53. The summed E-state index contributed by atoms with van der Waals surface area (Å²) < 4.78 is 5.43. The van der Waals surface area contributed by atoms with Gasteiger partial charge in [0.1, 0.15) is 5.75 Å². The predicted molar refractivity (Wildman–Crippen MR) is 135 cm³/mol. The third-order valence-corrected chi connectivity index (χ3v) is 6.77. The minimum Gasteiger partial charge on any atom is -0.496 e. The monoisotopic (exact) mass is 470 g/mol. The van der Waals surface area contributed by atoms with Crippen LogP contribution in [-0.4, -0.2) is 50.4 Å². The summed E-state index contributed by atoms with van der Waals surface area (Å²) in [6, 6.07) is 12.3. The van der Waals surface area contributed by atoms with E-state index in [0.29, 0.717) is 12.8 Å². The fourth-order valence-corrected chi connectivity index (χ4v) is 4.94. The molecule has 0 saturated carbocycles. The normalized spacial score (nSPS) is 14.3. The smallest absolute Gasteiger partial charge is 0.227 e. The molecule has 0 fully saturated rings. The highest BCUT2D eigenvalue weighted by molar-refractivity contribution is 6.02.